The molecule has 2 aliphatic heterocycles. The SMILES string of the molecule is C[C@H](NC(=O)c1cccc(S(=O)(=O)N2c3ccccc3C[C@@H]2C)c1)[C@@H](c1cccs1)N1CCCC1. The van der Waals surface area contributed by atoms with Crippen LogP contribution in [0.15, 0.2) is 70.9 Å². The molecule has 0 spiro atoms. The van der Waals surface area contributed by atoms with Crippen molar-refractivity contribution in [2.24, 2.45) is 0 Å². The Morgan fingerprint density at radius 3 is 2.57 bits per heavy atom. The maximum atomic E-state index is 13.6. The lowest BCUT2D eigenvalue weighted by molar-refractivity contribution is 0.0907. The molecule has 1 amide bonds. The van der Waals surface area contributed by atoms with Gasteiger partial charge in [-0.2, -0.15) is 0 Å². The van der Waals surface area contributed by atoms with E-state index in [1.807, 2.05) is 44.2 Å². The maximum absolute atomic E-state index is 13.6. The first kappa shape index (κ1) is 24.0. The van der Waals surface area contributed by atoms with Gasteiger partial charge in [-0.15, -0.1) is 11.3 Å². The molecule has 3 atom stereocenters. The molecule has 6 nitrogen and oxygen atoms in total. The molecule has 0 aliphatic carbocycles. The van der Waals surface area contributed by atoms with E-state index < -0.39 is 10.0 Å². The fourth-order valence-corrected chi connectivity index (χ4v) is 8.11. The Labute approximate surface area is 211 Å². The molecule has 8 heteroatoms. The van der Waals surface area contributed by atoms with Crippen LogP contribution in [0.3, 0.4) is 0 Å². The van der Waals surface area contributed by atoms with E-state index in [0.29, 0.717) is 17.7 Å². The average molecular weight is 510 g/mol. The highest BCUT2D eigenvalue weighted by molar-refractivity contribution is 7.92. The van der Waals surface area contributed by atoms with Crippen LogP contribution in [0, 0.1) is 0 Å². The third kappa shape index (κ3) is 4.62. The number of hydrogen-bond acceptors (Lipinski definition) is 5. The number of nitrogens with one attached hydrogen (secondary N) is 1. The van der Waals surface area contributed by atoms with Crippen LogP contribution in [0.5, 0.6) is 0 Å². The largest absolute Gasteiger partial charge is 0.348 e. The first-order valence-corrected chi connectivity index (χ1v) is 14.5. The van der Waals surface area contributed by atoms with Crippen molar-refractivity contribution < 1.29 is 13.2 Å². The number of para-hydroxylation sites is 1. The molecule has 1 N–H and O–H groups in total. The van der Waals surface area contributed by atoms with Crippen LogP contribution < -0.4 is 9.62 Å². The molecule has 3 aromatic rings. The Hall–Kier alpha value is -2.68. The minimum absolute atomic E-state index is 0.107. The summed E-state index contributed by atoms with van der Waals surface area (Å²) < 4.78 is 28.8. The number of nitrogens with zero attached hydrogens (tertiary/aromatic N) is 2. The lowest BCUT2D eigenvalue weighted by Crippen LogP contribution is -2.43. The second kappa shape index (κ2) is 9.76. The zero-order valence-electron chi connectivity index (χ0n) is 20.1. The van der Waals surface area contributed by atoms with E-state index in [4.69, 9.17) is 0 Å². The van der Waals surface area contributed by atoms with Crippen LogP contribution in [-0.4, -0.2) is 44.4 Å². The molecular formula is C27H31N3O3S2. The first-order valence-electron chi connectivity index (χ1n) is 12.2. The van der Waals surface area contributed by atoms with Crippen molar-refractivity contribution in [2.75, 3.05) is 17.4 Å². The maximum Gasteiger partial charge on any atom is 0.264 e. The van der Waals surface area contributed by atoms with Gasteiger partial charge < -0.3 is 5.32 Å². The van der Waals surface area contributed by atoms with Gasteiger partial charge in [0, 0.05) is 22.5 Å². The van der Waals surface area contributed by atoms with E-state index >= 15 is 0 Å². The summed E-state index contributed by atoms with van der Waals surface area (Å²) in [5, 5.41) is 5.22. The molecule has 35 heavy (non-hydrogen) atoms. The Bertz CT molecular complexity index is 1300. The molecule has 2 aromatic carbocycles. The Balaban J connectivity index is 1.38. The minimum atomic E-state index is -3.80. The molecule has 2 aliphatic rings. The van der Waals surface area contributed by atoms with E-state index in [-0.39, 0.29) is 28.9 Å². The number of rotatable bonds is 7. The van der Waals surface area contributed by atoms with E-state index in [2.05, 4.69) is 21.7 Å². The number of thiophene rings is 1. The Morgan fingerprint density at radius 1 is 1.06 bits per heavy atom. The van der Waals surface area contributed by atoms with Gasteiger partial charge in [0.25, 0.3) is 15.9 Å². The molecule has 1 saturated heterocycles. The predicted octanol–water partition coefficient (Wildman–Crippen LogP) is 4.84. The fraction of sp³-hybridized carbons (Fsp3) is 0.370. The van der Waals surface area contributed by atoms with Crippen LogP contribution in [0.2, 0.25) is 0 Å². The molecule has 3 heterocycles. The van der Waals surface area contributed by atoms with Crippen molar-refractivity contribution in [3.63, 3.8) is 0 Å². The van der Waals surface area contributed by atoms with Gasteiger partial charge in [-0.3, -0.25) is 14.0 Å². The van der Waals surface area contributed by atoms with Gasteiger partial charge in [0.2, 0.25) is 0 Å². The molecule has 1 aromatic heterocycles. The average Bonchev–Trinajstić information content (AvgIpc) is 3.61. The van der Waals surface area contributed by atoms with Crippen LogP contribution >= 0.6 is 11.3 Å². The first-order chi connectivity index (χ1) is 16.9. The molecule has 0 unspecified atom stereocenters. The third-order valence-electron chi connectivity index (χ3n) is 7.00. The molecule has 184 valence electrons. The topological polar surface area (TPSA) is 69.7 Å². The standard InChI is InChI=1S/C27H31N3O3S2/c1-19-17-21-9-3-4-12-24(21)30(19)35(32,33)23-11-7-10-22(18-23)27(31)28-20(2)26(25-13-8-16-34-25)29-14-5-6-15-29/h3-4,7-13,16,18-20,26H,5-6,14-15,17H2,1-2H3,(H,28,31)/t19-,20-,26-/m0/s1. The summed E-state index contributed by atoms with van der Waals surface area (Å²) in [6, 6.07) is 18.0. The van der Waals surface area contributed by atoms with E-state index in [1.54, 1.807) is 29.5 Å². The van der Waals surface area contributed by atoms with Gasteiger partial charge in [-0.1, -0.05) is 30.3 Å². The number of anilines is 1. The predicted molar refractivity (Wildman–Crippen MR) is 141 cm³/mol. The van der Waals surface area contributed by atoms with Crippen LogP contribution in [-0.2, 0) is 16.4 Å². The highest BCUT2D eigenvalue weighted by atomic mass is 32.2. The zero-order chi connectivity index (χ0) is 24.6. The van der Waals surface area contributed by atoms with Crippen molar-refractivity contribution in [3.8, 4) is 0 Å². The summed E-state index contributed by atoms with van der Waals surface area (Å²) in [6.45, 7) is 5.99. The van der Waals surface area contributed by atoms with E-state index in [9.17, 15) is 13.2 Å². The smallest absolute Gasteiger partial charge is 0.264 e. The van der Waals surface area contributed by atoms with Crippen LogP contribution in [0.1, 0.15) is 53.5 Å². The zero-order valence-corrected chi connectivity index (χ0v) is 21.7. The van der Waals surface area contributed by atoms with E-state index in [0.717, 1.165) is 18.7 Å². The number of amides is 1. The van der Waals surface area contributed by atoms with Crippen molar-refractivity contribution in [2.45, 2.75) is 56.1 Å². The summed E-state index contributed by atoms with van der Waals surface area (Å²) in [7, 11) is -3.80. The molecule has 0 saturated carbocycles. The summed E-state index contributed by atoms with van der Waals surface area (Å²) in [6.07, 6.45) is 3.01. The summed E-state index contributed by atoms with van der Waals surface area (Å²) in [5.41, 5.74) is 2.09. The Kier molecular flexibility index (Phi) is 6.70. The van der Waals surface area contributed by atoms with Crippen LogP contribution in [0.25, 0.3) is 0 Å². The number of carbonyl (C=O) groups excluding carboxylic acids is 1. The van der Waals surface area contributed by atoms with Crippen molar-refractivity contribution >= 4 is 33.0 Å². The van der Waals surface area contributed by atoms with Gasteiger partial charge in [-0.25, -0.2) is 8.42 Å². The lowest BCUT2D eigenvalue weighted by Gasteiger charge is -2.32. The summed E-state index contributed by atoms with van der Waals surface area (Å²) in [4.78, 5) is 17.1. The molecule has 0 bridgehead atoms. The molecular weight excluding hydrogens is 478 g/mol. The van der Waals surface area contributed by atoms with Gasteiger partial charge in [0.05, 0.1) is 16.6 Å². The molecule has 1 fully saturated rings. The number of likely N-dealkylation sites (tertiary alicyclic amines) is 1. The highest BCUT2D eigenvalue weighted by Crippen LogP contribution is 2.37. The highest BCUT2D eigenvalue weighted by Gasteiger charge is 2.36. The van der Waals surface area contributed by atoms with Gasteiger partial charge >= 0.3 is 0 Å². The summed E-state index contributed by atoms with van der Waals surface area (Å²) >= 11 is 1.71. The Morgan fingerprint density at radius 2 is 1.83 bits per heavy atom. The quantitative estimate of drug-likeness (QED) is 0.495. The summed E-state index contributed by atoms with van der Waals surface area (Å²) in [5.74, 6) is -0.259. The van der Waals surface area contributed by atoms with Crippen LogP contribution in [0.4, 0.5) is 5.69 Å². The molecule has 0 radical (unpaired) electrons. The lowest BCUT2D eigenvalue weighted by atomic mass is 10.1. The minimum Gasteiger partial charge on any atom is -0.348 e. The number of benzene rings is 2. The van der Waals surface area contributed by atoms with Crippen molar-refractivity contribution in [1.29, 1.82) is 0 Å². The number of sulfonamides is 1. The number of carbonyl (C=O) groups is 1. The number of fused-ring (bicyclic) bond motifs is 1. The van der Waals surface area contributed by atoms with Gasteiger partial charge in [-0.05, 0) is 87.5 Å². The molecule has 5 rings (SSSR count). The van der Waals surface area contributed by atoms with Gasteiger partial charge in [0.15, 0.2) is 0 Å². The second-order valence-electron chi connectivity index (χ2n) is 9.48. The second-order valence-corrected chi connectivity index (χ2v) is 12.3. The fourth-order valence-electron chi connectivity index (χ4n) is 5.41. The monoisotopic (exact) mass is 509 g/mol. The normalized spacial score (nSPS) is 19.9. The van der Waals surface area contributed by atoms with E-state index in [1.165, 1.54) is 28.1 Å². The van der Waals surface area contributed by atoms with Gasteiger partial charge in [0.1, 0.15) is 0 Å². The van der Waals surface area contributed by atoms with Crippen molar-refractivity contribution in [1.82, 2.24) is 10.2 Å². The third-order valence-corrected chi connectivity index (χ3v) is 9.87. The van der Waals surface area contributed by atoms with Crippen molar-refractivity contribution in [3.05, 3.63) is 82.0 Å². The number of hydrogen-bond donors (Lipinski definition) is 1.